The first-order chi connectivity index (χ1) is 11.5. The van der Waals surface area contributed by atoms with Crippen molar-refractivity contribution >= 4 is 54.5 Å². The molecule has 1 heterocycles. The van der Waals surface area contributed by atoms with Crippen LogP contribution in [0.2, 0.25) is 0 Å². The number of hydrogen-bond acceptors (Lipinski definition) is 1. The fraction of sp³-hybridized carbons (Fsp3) is 0.100. The minimum absolute atomic E-state index is 0.884. The standard InChI is InChI=1S/C20H18INOS/c1-14-7-10-16(11-8-14)24(2,23)22-19-6-4-3-5-17(19)18-13-15(21)9-12-20(18)22/h3-13,24H,1-2H3. The SMILES string of the molecule is Cc1ccc([SH](C)(=O)n2c3ccccc3c3cc(I)ccc32)cc1. The highest BCUT2D eigenvalue weighted by Gasteiger charge is 2.20. The van der Waals surface area contributed by atoms with Gasteiger partial charge < -0.3 is 0 Å². The van der Waals surface area contributed by atoms with Gasteiger partial charge in [0.05, 0.1) is 11.0 Å². The lowest BCUT2D eigenvalue weighted by Gasteiger charge is -2.24. The molecule has 4 aromatic rings. The van der Waals surface area contributed by atoms with Crippen molar-refractivity contribution in [2.24, 2.45) is 0 Å². The van der Waals surface area contributed by atoms with E-state index in [0.717, 1.165) is 26.7 Å². The summed E-state index contributed by atoms with van der Waals surface area (Å²) in [4.78, 5) is 0.884. The Kier molecular flexibility index (Phi) is 3.77. The maximum atomic E-state index is 13.9. The molecule has 0 aliphatic rings. The van der Waals surface area contributed by atoms with E-state index in [4.69, 9.17) is 0 Å². The van der Waals surface area contributed by atoms with Crippen LogP contribution in [0.1, 0.15) is 5.56 Å². The zero-order valence-electron chi connectivity index (χ0n) is 13.5. The van der Waals surface area contributed by atoms with E-state index in [1.54, 1.807) is 0 Å². The molecule has 3 aromatic carbocycles. The molecule has 2 nitrogen and oxygen atoms in total. The first-order valence-corrected chi connectivity index (χ1v) is 11.0. The molecular weight excluding hydrogens is 429 g/mol. The van der Waals surface area contributed by atoms with Gasteiger partial charge in [0.1, 0.15) is 0 Å². The zero-order valence-corrected chi connectivity index (χ0v) is 16.6. The average molecular weight is 447 g/mol. The van der Waals surface area contributed by atoms with Gasteiger partial charge in [-0.3, -0.25) is 8.18 Å². The largest absolute Gasteiger partial charge is 0.277 e. The maximum Gasteiger partial charge on any atom is 0.0612 e. The molecule has 1 aromatic heterocycles. The van der Waals surface area contributed by atoms with Gasteiger partial charge in [0, 0.05) is 25.5 Å². The van der Waals surface area contributed by atoms with Crippen LogP contribution >= 0.6 is 22.6 Å². The lowest BCUT2D eigenvalue weighted by atomic mass is 10.2. The number of aryl methyl sites for hydroxylation is 1. The van der Waals surface area contributed by atoms with Crippen molar-refractivity contribution < 1.29 is 4.21 Å². The van der Waals surface area contributed by atoms with E-state index in [1.165, 1.54) is 9.13 Å². The summed E-state index contributed by atoms with van der Waals surface area (Å²) in [6.07, 6.45) is 1.86. The topological polar surface area (TPSA) is 22.0 Å². The third kappa shape index (κ3) is 2.40. The van der Waals surface area contributed by atoms with Crippen LogP contribution in [0.5, 0.6) is 0 Å². The van der Waals surface area contributed by atoms with E-state index < -0.39 is 10.1 Å². The summed E-state index contributed by atoms with van der Waals surface area (Å²) in [5.74, 6) is 0. The highest BCUT2D eigenvalue weighted by Crippen LogP contribution is 2.35. The molecule has 0 unspecified atom stereocenters. The minimum atomic E-state index is -2.76. The fourth-order valence-corrected chi connectivity index (χ4v) is 5.87. The maximum absolute atomic E-state index is 13.9. The Balaban J connectivity index is 2.11. The average Bonchev–Trinajstić information content (AvgIpc) is 2.90. The lowest BCUT2D eigenvalue weighted by molar-refractivity contribution is 0.670. The van der Waals surface area contributed by atoms with Crippen LogP contribution in [0, 0.1) is 10.5 Å². The Labute approximate surface area is 156 Å². The fourth-order valence-electron chi connectivity index (χ4n) is 3.27. The first kappa shape index (κ1) is 15.8. The van der Waals surface area contributed by atoms with Gasteiger partial charge in [-0.15, -0.1) is 0 Å². The second kappa shape index (κ2) is 5.70. The van der Waals surface area contributed by atoms with Crippen molar-refractivity contribution in [3.63, 3.8) is 0 Å². The van der Waals surface area contributed by atoms with Gasteiger partial charge in [0.15, 0.2) is 0 Å². The second-order valence-electron chi connectivity index (χ2n) is 6.21. The third-order valence-corrected chi connectivity index (χ3v) is 7.63. The molecule has 24 heavy (non-hydrogen) atoms. The van der Waals surface area contributed by atoms with Crippen molar-refractivity contribution in [2.75, 3.05) is 6.26 Å². The van der Waals surface area contributed by atoms with Crippen LogP contribution in [-0.2, 0) is 10.1 Å². The van der Waals surface area contributed by atoms with Crippen molar-refractivity contribution in [3.8, 4) is 0 Å². The summed E-state index contributed by atoms with van der Waals surface area (Å²) in [5.41, 5.74) is 3.24. The number of benzene rings is 3. The second-order valence-corrected chi connectivity index (χ2v) is 10.1. The van der Waals surface area contributed by atoms with Crippen LogP contribution in [0.4, 0.5) is 0 Å². The Bertz CT molecular complexity index is 1110. The summed E-state index contributed by atoms with van der Waals surface area (Å²) in [6.45, 7) is 2.05. The van der Waals surface area contributed by atoms with Gasteiger partial charge in [-0.05, 0) is 76.0 Å². The molecule has 0 fully saturated rings. The number of fused-ring (bicyclic) bond motifs is 3. The van der Waals surface area contributed by atoms with Gasteiger partial charge in [-0.2, -0.15) is 0 Å². The van der Waals surface area contributed by atoms with Gasteiger partial charge in [0.2, 0.25) is 0 Å². The molecule has 0 aliphatic heterocycles. The molecule has 4 rings (SSSR count). The number of hydrogen-bond donors (Lipinski definition) is 1. The molecule has 0 bridgehead atoms. The van der Waals surface area contributed by atoms with Crippen LogP contribution in [0.25, 0.3) is 21.8 Å². The predicted molar refractivity (Wildman–Crippen MR) is 112 cm³/mol. The molecule has 0 atom stereocenters. The van der Waals surface area contributed by atoms with Crippen molar-refractivity contribution in [1.82, 2.24) is 3.97 Å². The highest BCUT2D eigenvalue weighted by molar-refractivity contribution is 14.1. The van der Waals surface area contributed by atoms with Gasteiger partial charge in [-0.25, -0.2) is 0 Å². The van der Waals surface area contributed by atoms with Crippen LogP contribution < -0.4 is 0 Å². The molecule has 0 N–H and O–H groups in total. The number of halogens is 1. The van der Waals surface area contributed by atoms with Crippen LogP contribution in [0.3, 0.4) is 0 Å². The predicted octanol–water partition coefficient (Wildman–Crippen LogP) is 5.18. The molecule has 0 saturated heterocycles. The van der Waals surface area contributed by atoms with Gasteiger partial charge >= 0.3 is 0 Å². The van der Waals surface area contributed by atoms with Gasteiger partial charge in [0.25, 0.3) is 0 Å². The Morgan fingerprint density at radius 3 is 2.29 bits per heavy atom. The zero-order chi connectivity index (χ0) is 16.9. The van der Waals surface area contributed by atoms with E-state index in [2.05, 4.69) is 52.9 Å². The molecule has 0 radical (unpaired) electrons. The summed E-state index contributed by atoms with van der Waals surface area (Å²) in [7, 11) is -2.76. The molecule has 0 spiro atoms. The van der Waals surface area contributed by atoms with Crippen molar-refractivity contribution in [3.05, 3.63) is 75.9 Å². The molecule has 0 saturated carbocycles. The Morgan fingerprint density at radius 1 is 0.875 bits per heavy atom. The molecular formula is C20H18INOS. The minimum Gasteiger partial charge on any atom is -0.277 e. The Hall–Kier alpha value is -1.66. The number of rotatable bonds is 2. The van der Waals surface area contributed by atoms with E-state index in [0.29, 0.717) is 0 Å². The number of para-hydroxylation sites is 1. The number of nitrogens with zero attached hydrogens (tertiary/aromatic N) is 1. The summed E-state index contributed by atoms with van der Waals surface area (Å²) >= 11 is 2.33. The summed E-state index contributed by atoms with van der Waals surface area (Å²) in [6, 6.07) is 22.6. The molecule has 0 aliphatic carbocycles. The molecule has 4 heteroatoms. The molecule has 122 valence electrons. The third-order valence-electron chi connectivity index (χ3n) is 4.50. The number of aromatic nitrogens is 1. The van der Waals surface area contributed by atoms with Gasteiger partial charge in [-0.1, -0.05) is 35.9 Å². The van der Waals surface area contributed by atoms with E-state index in [9.17, 15) is 4.21 Å². The summed E-state index contributed by atoms with van der Waals surface area (Å²) in [5, 5.41) is 2.31. The smallest absolute Gasteiger partial charge is 0.0612 e. The number of thiol groups is 1. The lowest BCUT2D eigenvalue weighted by Crippen LogP contribution is -2.20. The van der Waals surface area contributed by atoms with E-state index in [-0.39, 0.29) is 0 Å². The normalized spacial score (nSPS) is 12.8. The summed E-state index contributed by atoms with van der Waals surface area (Å²) < 4.78 is 17.1. The highest BCUT2D eigenvalue weighted by atomic mass is 127. The quantitative estimate of drug-likeness (QED) is 0.332. The van der Waals surface area contributed by atoms with Crippen molar-refractivity contribution in [2.45, 2.75) is 11.8 Å². The van der Waals surface area contributed by atoms with Crippen LogP contribution in [0.15, 0.2) is 71.6 Å². The molecule has 0 amide bonds. The van der Waals surface area contributed by atoms with E-state index in [1.807, 2.05) is 53.6 Å². The monoisotopic (exact) mass is 447 g/mol. The first-order valence-electron chi connectivity index (χ1n) is 7.83. The van der Waals surface area contributed by atoms with Crippen molar-refractivity contribution in [1.29, 1.82) is 0 Å². The van der Waals surface area contributed by atoms with Crippen LogP contribution in [-0.4, -0.2) is 14.4 Å². The Morgan fingerprint density at radius 2 is 1.54 bits per heavy atom. The van der Waals surface area contributed by atoms with E-state index >= 15 is 0 Å².